The molecule has 4 aromatic rings. The lowest BCUT2D eigenvalue weighted by Crippen LogP contribution is -2.27. The summed E-state index contributed by atoms with van der Waals surface area (Å²) in [5.74, 6) is 0.605. The van der Waals surface area contributed by atoms with E-state index in [0.29, 0.717) is 30.0 Å². The Bertz CT molecular complexity index is 1340. The maximum absolute atomic E-state index is 12.5. The van der Waals surface area contributed by atoms with Gasteiger partial charge in [0.2, 0.25) is 5.88 Å². The molecule has 32 heavy (non-hydrogen) atoms. The zero-order valence-electron chi connectivity index (χ0n) is 16.8. The molecular formula is C21H18N8O3. The topological polar surface area (TPSA) is 162 Å². The summed E-state index contributed by atoms with van der Waals surface area (Å²) in [5.41, 5.74) is 0.973. The average molecular weight is 430 g/mol. The number of H-pyrrole nitrogens is 2. The van der Waals surface area contributed by atoms with Gasteiger partial charge in [-0.1, -0.05) is 0 Å². The van der Waals surface area contributed by atoms with Crippen LogP contribution < -0.4 is 15.6 Å². The molecule has 1 aromatic carbocycles. The number of hydrogen-bond acceptors (Lipinski definition) is 8. The summed E-state index contributed by atoms with van der Waals surface area (Å²) in [6.45, 7) is 0.657. The number of amides is 1. The molecular weight excluding hydrogens is 412 g/mol. The molecule has 0 saturated carbocycles. The number of aryl methyl sites for hydroxylation is 1. The molecule has 0 atom stereocenters. The van der Waals surface area contributed by atoms with Crippen LogP contribution in [0.15, 0.2) is 47.7 Å². The highest BCUT2D eigenvalue weighted by molar-refractivity contribution is 5.92. The Kier molecular flexibility index (Phi) is 6.12. The van der Waals surface area contributed by atoms with Gasteiger partial charge in [-0.2, -0.15) is 10.4 Å². The van der Waals surface area contributed by atoms with Crippen molar-refractivity contribution in [1.82, 2.24) is 35.5 Å². The molecule has 160 valence electrons. The van der Waals surface area contributed by atoms with Crippen molar-refractivity contribution in [2.75, 3.05) is 6.61 Å². The van der Waals surface area contributed by atoms with Gasteiger partial charge in [-0.05, 0) is 36.2 Å². The molecule has 0 spiro atoms. The molecule has 0 saturated heterocycles. The van der Waals surface area contributed by atoms with E-state index in [1.54, 1.807) is 24.4 Å². The van der Waals surface area contributed by atoms with Crippen LogP contribution in [0.2, 0.25) is 0 Å². The number of carbonyl (C=O) groups is 1. The maximum atomic E-state index is 12.5. The van der Waals surface area contributed by atoms with Crippen molar-refractivity contribution in [3.8, 4) is 11.9 Å². The van der Waals surface area contributed by atoms with Crippen LogP contribution in [0.4, 0.5) is 0 Å². The van der Waals surface area contributed by atoms with E-state index >= 15 is 0 Å². The highest BCUT2D eigenvalue weighted by atomic mass is 16.5. The predicted molar refractivity (Wildman–Crippen MR) is 113 cm³/mol. The summed E-state index contributed by atoms with van der Waals surface area (Å²) in [4.78, 5) is 39.6. The normalized spacial score (nSPS) is 10.6. The van der Waals surface area contributed by atoms with E-state index in [1.165, 1.54) is 18.5 Å². The Morgan fingerprint density at radius 1 is 1.22 bits per heavy atom. The molecule has 0 fully saturated rings. The summed E-state index contributed by atoms with van der Waals surface area (Å²) in [6.07, 6.45) is 4.51. The van der Waals surface area contributed by atoms with Gasteiger partial charge in [-0.3, -0.25) is 14.7 Å². The first-order valence-electron chi connectivity index (χ1n) is 9.77. The van der Waals surface area contributed by atoms with Gasteiger partial charge in [0.25, 0.3) is 11.5 Å². The van der Waals surface area contributed by atoms with Gasteiger partial charge < -0.3 is 15.0 Å². The van der Waals surface area contributed by atoms with Crippen molar-refractivity contribution in [2.24, 2.45) is 0 Å². The molecule has 11 nitrogen and oxygen atoms in total. The van der Waals surface area contributed by atoms with E-state index in [9.17, 15) is 9.59 Å². The number of nitrogens with one attached hydrogen (secondary N) is 3. The number of aromatic nitrogens is 6. The van der Waals surface area contributed by atoms with E-state index < -0.39 is 11.5 Å². The second-order valence-corrected chi connectivity index (χ2v) is 6.83. The first-order valence-corrected chi connectivity index (χ1v) is 9.77. The number of fused-ring (bicyclic) bond motifs is 1. The van der Waals surface area contributed by atoms with Gasteiger partial charge in [0.05, 0.1) is 29.1 Å². The van der Waals surface area contributed by atoms with Crippen LogP contribution in [-0.2, 0) is 13.0 Å². The standard InChI is InChI=1S/C21H18N8O3/c22-10-13-3-4-16-15(8-13)20(30)28-19(27-16)21(31)24-11-14-5-6-23-18(9-14)32-7-1-2-17-25-12-26-29-17/h3-6,8-9,12H,1-2,7,11H2,(H,24,31)(H,25,26,29)(H,27,28,30). The number of hydrogen-bond donors (Lipinski definition) is 3. The number of aromatic amines is 2. The van der Waals surface area contributed by atoms with Gasteiger partial charge in [0.15, 0.2) is 5.82 Å². The van der Waals surface area contributed by atoms with Crippen LogP contribution in [0.5, 0.6) is 5.88 Å². The summed E-state index contributed by atoms with van der Waals surface area (Å²) in [6, 6.07) is 9.97. The number of pyridine rings is 1. The van der Waals surface area contributed by atoms with E-state index in [4.69, 9.17) is 10.00 Å². The van der Waals surface area contributed by atoms with Crippen molar-refractivity contribution >= 4 is 16.8 Å². The van der Waals surface area contributed by atoms with E-state index in [0.717, 1.165) is 17.8 Å². The molecule has 11 heteroatoms. The SMILES string of the molecule is N#Cc1ccc2nc(C(=O)NCc3ccnc(OCCCc4ncn[nH]4)c3)[nH]c(=O)c2c1. The predicted octanol–water partition coefficient (Wildman–Crippen LogP) is 1.25. The van der Waals surface area contributed by atoms with E-state index in [2.05, 4.69) is 35.5 Å². The quantitative estimate of drug-likeness (QED) is 0.352. The lowest BCUT2D eigenvalue weighted by molar-refractivity contribution is 0.0940. The van der Waals surface area contributed by atoms with E-state index in [-0.39, 0.29) is 17.8 Å². The fraction of sp³-hybridized carbons (Fsp3) is 0.190. The van der Waals surface area contributed by atoms with Gasteiger partial charge in [-0.15, -0.1) is 0 Å². The zero-order chi connectivity index (χ0) is 22.3. The summed E-state index contributed by atoms with van der Waals surface area (Å²) in [5, 5.41) is 18.5. The van der Waals surface area contributed by atoms with Crippen LogP contribution in [-0.4, -0.2) is 42.6 Å². The van der Waals surface area contributed by atoms with Gasteiger partial charge in [0, 0.05) is 25.2 Å². The third-order valence-corrected chi connectivity index (χ3v) is 4.57. The molecule has 0 aliphatic rings. The fourth-order valence-electron chi connectivity index (χ4n) is 2.99. The third kappa shape index (κ3) is 4.93. The third-order valence-electron chi connectivity index (χ3n) is 4.57. The molecule has 3 N–H and O–H groups in total. The molecule has 0 radical (unpaired) electrons. The smallest absolute Gasteiger partial charge is 0.287 e. The Hall–Kier alpha value is -4.59. The minimum Gasteiger partial charge on any atom is -0.478 e. The van der Waals surface area contributed by atoms with Gasteiger partial charge in [0.1, 0.15) is 12.2 Å². The van der Waals surface area contributed by atoms with Crippen molar-refractivity contribution in [1.29, 1.82) is 5.26 Å². The molecule has 0 aliphatic carbocycles. The molecule has 3 heterocycles. The minimum atomic E-state index is -0.528. The number of benzene rings is 1. The van der Waals surface area contributed by atoms with Gasteiger partial charge in [-0.25, -0.2) is 15.0 Å². The molecule has 0 aliphatic heterocycles. The molecule has 4 rings (SSSR count). The minimum absolute atomic E-state index is 0.106. The number of rotatable bonds is 8. The highest BCUT2D eigenvalue weighted by Crippen LogP contribution is 2.11. The van der Waals surface area contributed by atoms with Crippen molar-refractivity contribution in [3.63, 3.8) is 0 Å². The first-order chi connectivity index (χ1) is 15.6. The maximum Gasteiger partial charge on any atom is 0.287 e. The number of nitriles is 1. The van der Waals surface area contributed by atoms with Crippen LogP contribution in [0.25, 0.3) is 10.9 Å². The Morgan fingerprint density at radius 3 is 2.94 bits per heavy atom. The van der Waals surface area contributed by atoms with E-state index in [1.807, 2.05) is 6.07 Å². The summed E-state index contributed by atoms with van der Waals surface area (Å²) < 4.78 is 5.65. The Labute approximate surface area is 181 Å². The second kappa shape index (κ2) is 9.48. The largest absolute Gasteiger partial charge is 0.478 e. The Morgan fingerprint density at radius 2 is 2.12 bits per heavy atom. The molecule has 1 amide bonds. The second-order valence-electron chi connectivity index (χ2n) is 6.83. The average Bonchev–Trinajstić information content (AvgIpc) is 3.34. The van der Waals surface area contributed by atoms with Gasteiger partial charge >= 0.3 is 0 Å². The summed E-state index contributed by atoms with van der Waals surface area (Å²) >= 11 is 0. The van der Waals surface area contributed by atoms with Crippen LogP contribution >= 0.6 is 0 Å². The lowest BCUT2D eigenvalue weighted by atomic mass is 10.1. The van der Waals surface area contributed by atoms with Crippen LogP contribution in [0.3, 0.4) is 0 Å². The molecule has 0 bridgehead atoms. The number of nitrogens with zero attached hydrogens (tertiary/aromatic N) is 5. The highest BCUT2D eigenvalue weighted by Gasteiger charge is 2.12. The molecule has 0 unspecified atom stereocenters. The lowest BCUT2D eigenvalue weighted by Gasteiger charge is -2.08. The number of ether oxygens (including phenoxy) is 1. The van der Waals surface area contributed by atoms with Crippen molar-refractivity contribution in [3.05, 3.63) is 76.0 Å². The fourth-order valence-corrected chi connectivity index (χ4v) is 2.99. The Balaban J connectivity index is 1.35. The number of carbonyl (C=O) groups excluding carboxylic acids is 1. The van der Waals surface area contributed by atoms with Crippen molar-refractivity contribution in [2.45, 2.75) is 19.4 Å². The van der Waals surface area contributed by atoms with Crippen LogP contribution in [0.1, 0.15) is 34.0 Å². The van der Waals surface area contributed by atoms with Crippen molar-refractivity contribution < 1.29 is 9.53 Å². The molecule has 3 aromatic heterocycles. The monoisotopic (exact) mass is 430 g/mol. The first kappa shape index (κ1) is 20.7. The zero-order valence-corrected chi connectivity index (χ0v) is 16.8. The van der Waals surface area contributed by atoms with Crippen LogP contribution in [0, 0.1) is 11.3 Å². The summed E-state index contributed by atoms with van der Waals surface area (Å²) in [7, 11) is 0.